The third-order valence-electron chi connectivity index (χ3n) is 6.08. The van der Waals surface area contributed by atoms with Crippen molar-refractivity contribution in [1.82, 2.24) is 45.3 Å². The van der Waals surface area contributed by atoms with Crippen LogP contribution >= 0.6 is 11.6 Å². The van der Waals surface area contributed by atoms with E-state index in [9.17, 15) is 13.2 Å². The summed E-state index contributed by atoms with van der Waals surface area (Å²) in [4.78, 5) is 8.68. The highest BCUT2D eigenvalue weighted by Gasteiger charge is 2.30. The molecule has 0 amide bonds. The first-order chi connectivity index (χ1) is 19.2. The van der Waals surface area contributed by atoms with E-state index >= 15 is 0 Å². The van der Waals surface area contributed by atoms with Gasteiger partial charge in [-0.1, -0.05) is 17.7 Å². The molecule has 0 saturated carbocycles. The third kappa shape index (κ3) is 7.15. The number of ether oxygens (including phenoxy) is 2. The highest BCUT2D eigenvalue weighted by atomic mass is 35.5. The van der Waals surface area contributed by atoms with Gasteiger partial charge in [-0.05, 0) is 61.0 Å². The van der Waals surface area contributed by atoms with Gasteiger partial charge in [-0.15, -0.1) is 10.2 Å². The van der Waals surface area contributed by atoms with E-state index in [0.717, 1.165) is 31.5 Å². The Morgan fingerprint density at radius 1 is 1.18 bits per heavy atom. The van der Waals surface area contributed by atoms with E-state index in [4.69, 9.17) is 21.1 Å². The van der Waals surface area contributed by atoms with Gasteiger partial charge in [0.1, 0.15) is 23.9 Å². The maximum Gasteiger partial charge on any atom is 0.422 e. The van der Waals surface area contributed by atoms with E-state index in [1.807, 2.05) is 6.92 Å². The van der Waals surface area contributed by atoms with E-state index in [1.165, 1.54) is 6.33 Å². The van der Waals surface area contributed by atoms with Crippen molar-refractivity contribution in [2.75, 3.05) is 25.0 Å². The van der Waals surface area contributed by atoms with Crippen LogP contribution < -0.4 is 20.1 Å². The second-order valence-electron chi connectivity index (χ2n) is 9.24. The predicted octanol–water partition coefficient (Wildman–Crippen LogP) is 4.06. The van der Waals surface area contributed by atoms with Crippen LogP contribution in [0, 0.1) is 0 Å². The quantitative estimate of drug-likeness (QED) is 0.284. The number of halogens is 4. The molecule has 0 aliphatic carbocycles. The zero-order chi connectivity index (χ0) is 28.1. The Morgan fingerprint density at radius 3 is 2.65 bits per heavy atom. The highest BCUT2D eigenvalue weighted by molar-refractivity contribution is 6.32. The number of hydrogen-bond donors (Lipinski definition) is 2. The molecule has 0 bridgehead atoms. The van der Waals surface area contributed by atoms with E-state index < -0.39 is 12.8 Å². The molecule has 1 atom stereocenters. The highest BCUT2D eigenvalue weighted by Crippen LogP contribution is 2.33. The molecule has 2 N–H and O–H groups in total. The number of benzene rings is 1. The lowest BCUT2D eigenvalue weighted by molar-refractivity contribution is -0.154. The Labute approximate surface area is 231 Å². The van der Waals surface area contributed by atoms with Gasteiger partial charge in [0, 0.05) is 18.0 Å². The lowest BCUT2D eigenvalue weighted by atomic mass is 10.1. The number of aromatic nitrogens is 8. The standard InChI is InChI=1S/C24H26ClF3N10O2/c1-15(11-37-14-32-35-36-37)40-21-8-16(2-3-19(21)25)17-9-30-23(31-10-17)33-20-12-38(18-4-6-29-7-5-18)34-22(20)39-13-24(26,27)28/h2-3,8-10,12,14-15,18,29H,4-7,11,13H2,1H3,(H,30,31,33). The maximum absolute atomic E-state index is 12.8. The molecule has 1 fully saturated rings. The maximum atomic E-state index is 12.8. The van der Waals surface area contributed by atoms with Crippen LogP contribution in [-0.4, -0.2) is 71.9 Å². The van der Waals surface area contributed by atoms with Crippen LogP contribution in [0.5, 0.6) is 11.6 Å². The van der Waals surface area contributed by atoms with E-state index in [1.54, 1.807) is 46.2 Å². The van der Waals surface area contributed by atoms with Gasteiger partial charge in [0.05, 0.1) is 23.8 Å². The van der Waals surface area contributed by atoms with Crippen molar-refractivity contribution in [2.45, 2.75) is 44.6 Å². The van der Waals surface area contributed by atoms with Gasteiger partial charge >= 0.3 is 6.18 Å². The van der Waals surface area contributed by atoms with Crippen LogP contribution in [0.15, 0.2) is 43.1 Å². The van der Waals surface area contributed by atoms with Crippen molar-refractivity contribution in [3.63, 3.8) is 0 Å². The smallest absolute Gasteiger partial charge is 0.422 e. The van der Waals surface area contributed by atoms with Gasteiger partial charge in [0.25, 0.3) is 5.88 Å². The monoisotopic (exact) mass is 578 g/mol. The molecular weight excluding hydrogens is 553 g/mol. The van der Waals surface area contributed by atoms with Crippen LogP contribution in [0.1, 0.15) is 25.8 Å². The number of alkyl halides is 3. The van der Waals surface area contributed by atoms with E-state index in [2.05, 4.69) is 41.2 Å². The molecule has 4 aromatic rings. The summed E-state index contributed by atoms with van der Waals surface area (Å²) in [6.45, 7) is 2.44. The average Bonchev–Trinajstić information content (AvgIpc) is 3.59. The number of rotatable bonds is 10. The zero-order valence-corrected chi connectivity index (χ0v) is 22.1. The van der Waals surface area contributed by atoms with E-state index in [-0.39, 0.29) is 29.7 Å². The summed E-state index contributed by atoms with van der Waals surface area (Å²) in [6.07, 6.45) is 3.12. The fraction of sp³-hybridized carbons (Fsp3) is 0.417. The van der Waals surface area contributed by atoms with Crippen molar-refractivity contribution in [3.05, 3.63) is 48.1 Å². The molecule has 5 rings (SSSR count). The second-order valence-corrected chi connectivity index (χ2v) is 9.65. The molecule has 212 valence electrons. The SMILES string of the molecule is CC(Cn1cnnn1)Oc1cc(-c2cnc(Nc3cn(C4CCNCC4)nc3OCC(F)(F)F)nc2)ccc1Cl. The topological polar surface area (TPSA) is 130 Å². The number of nitrogens with zero attached hydrogens (tertiary/aromatic N) is 8. The fourth-order valence-corrected chi connectivity index (χ4v) is 4.35. The minimum Gasteiger partial charge on any atom is -0.487 e. The lowest BCUT2D eigenvalue weighted by Crippen LogP contribution is -2.29. The Kier molecular flexibility index (Phi) is 8.30. The molecular formula is C24H26ClF3N10O2. The normalized spacial score (nSPS) is 15.1. The Bertz CT molecular complexity index is 1390. The lowest BCUT2D eigenvalue weighted by Gasteiger charge is -2.22. The molecule has 1 aromatic carbocycles. The number of piperidine rings is 1. The van der Waals surface area contributed by atoms with Crippen molar-refractivity contribution in [1.29, 1.82) is 0 Å². The molecule has 0 radical (unpaired) electrons. The molecule has 40 heavy (non-hydrogen) atoms. The molecule has 4 heterocycles. The van der Waals surface area contributed by atoms with Gasteiger partial charge in [0.2, 0.25) is 5.95 Å². The Morgan fingerprint density at radius 2 is 1.95 bits per heavy atom. The van der Waals surface area contributed by atoms with Gasteiger partial charge in [-0.25, -0.2) is 14.6 Å². The summed E-state index contributed by atoms with van der Waals surface area (Å²) < 4.78 is 52.7. The van der Waals surface area contributed by atoms with Gasteiger partial charge in [-0.2, -0.15) is 13.2 Å². The first-order valence-electron chi connectivity index (χ1n) is 12.5. The Hall–Kier alpha value is -3.98. The summed E-state index contributed by atoms with van der Waals surface area (Å²) in [5, 5.41) is 21.9. The Balaban J connectivity index is 1.30. The van der Waals surface area contributed by atoms with Gasteiger partial charge < -0.3 is 20.1 Å². The third-order valence-corrected chi connectivity index (χ3v) is 6.39. The van der Waals surface area contributed by atoms with Gasteiger partial charge in [-0.3, -0.25) is 4.68 Å². The first-order valence-corrected chi connectivity index (χ1v) is 12.9. The van der Waals surface area contributed by atoms with Crippen molar-refractivity contribution in [3.8, 4) is 22.8 Å². The summed E-state index contributed by atoms with van der Waals surface area (Å²) in [7, 11) is 0. The zero-order valence-electron chi connectivity index (χ0n) is 21.3. The summed E-state index contributed by atoms with van der Waals surface area (Å²) in [6, 6.07) is 5.34. The minimum absolute atomic E-state index is 0.0465. The molecule has 1 aliphatic heterocycles. The molecule has 1 saturated heterocycles. The van der Waals surface area contributed by atoms with Crippen molar-refractivity contribution >= 4 is 23.2 Å². The van der Waals surface area contributed by atoms with Crippen LogP contribution in [-0.2, 0) is 6.54 Å². The number of tetrazole rings is 1. The summed E-state index contributed by atoms with van der Waals surface area (Å²) in [5.41, 5.74) is 1.68. The van der Waals surface area contributed by atoms with Gasteiger partial charge in [0.15, 0.2) is 6.61 Å². The summed E-state index contributed by atoms with van der Waals surface area (Å²) in [5.74, 6) is 0.475. The number of hydrogen-bond acceptors (Lipinski definition) is 10. The van der Waals surface area contributed by atoms with Crippen molar-refractivity contribution in [2.24, 2.45) is 0 Å². The molecule has 12 nitrogen and oxygen atoms in total. The first kappa shape index (κ1) is 27.6. The molecule has 3 aromatic heterocycles. The molecule has 1 unspecified atom stereocenters. The second kappa shape index (κ2) is 12.0. The largest absolute Gasteiger partial charge is 0.487 e. The molecule has 16 heteroatoms. The fourth-order valence-electron chi connectivity index (χ4n) is 4.19. The molecule has 1 aliphatic rings. The van der Waals surface area contributed by atoms with Crippen LogP contribution in [0.3, 0.4) is 0 Å². The van der Waals surface area contributed by atoms with Crippen molar-refractivity contribution < 1.29 is 22.6 Å². The van der Waals surface area contributed by atoms with Crippen LogP contribution in [0.4, 0.5) is 24.8 Å². The average molecular weight is 579 g/mol. The number of nitrogens with one attached hydrogen (secondary N) is 2. The van der Waals surface area contributed by atoms with Crippen LogP contribution in [0.25, 0.3) is 11.1 Å². The van der Waals surface area contributed by atoms with Crippen LogP contribution in [0.2, 0.25) is 5.02 Å². The van der Waals surface area contributed by atoms with E-state index in [0.29, 0.717) is 22.9 Å². The number of anilines is 2. The predicted molar refractivity (Wildman–Crippen MR) is 139 cm³/mol. The molecule has 0 spiro atoms. The minimum atomic E-state index is -4.50. The summed E-state index contributed by atoms with van der Waals surface area (Å²) >= 11 is 6.34.